The molecule has 4 heterocycles. The van der Waals surface area contributed by atoms with E-state index in [0.29, 0.717) is 48.1 Å². The predicted molar refractivity (Wildman–Crippen MR) is 146 cm³/mol. The summed E-state index contributed by atoms with van der Waals surface area (Å²) in [4.78, 5) is 42.2. The Morgan fingerprint density at radius 1 is 1.03 bits per heavy atom. The van der Waals surface area contributed by atoms with Crippen LogP contribution in [0.25, 0.3) is 16.9 Å². The lowest BCUT2D eigenvalue weighted by Gasteiger charge is -2.46. The van der Waals surface area contributed by atoms with E-state index in [2.05, 4.69) is 30.7 Å². The number of aromatic nitrogens is 5. The van der Waals surface area contributed by atoms with Crippen LogP contribution in [0, 0.1) is 19.7 Å². The molecule has 2 amide bonds. The second-order valence-corrected chi connectivity index (χ2v) is 11.9. The molecule has 10 heteroatoms. The minimum atomic E-state index is -0.622. The van der Waals surface area contributed by atoms with Gasteiger partial charge in [-0.05, 0) is 62.9 Å². The van der Waals surface area contributed by atoms with Crippen molar-refractivity contribution in [2.24, 2.45) is 0 Å². The number of aromatic amines is 1. The average molecular weight is 532 g/mol. The van der Waals surface area contributed by atoms with Gasteiger partial charge in [-0.3, -0.25) is 9.59 Å². The summed E-state index contributed by atoms with van der Waals surface area (Å²) in [5, 5.41) is 4.74. The van der Waals surface area contributed by atoms with Gasteiger partial charge in [-0.25, -0.2) is 18.9 Å². The molecule has 0 atom stereocenters. The van der Waals surface area contributed by atoms with Gasteiger partial charge in [-0.2, -0.15) is 5.10 Å². The quantitative estimate of drug-likeness (QED) is 0.418. The predicted octanol–water partition coefficient (Wildman–Crippen LogP) is 4.55. The monoisotopic (exact) mass is 531 g/mol. The highest BCUT2D eigenvalue weighted by molar-refractivity contribution is 5.95. The number of hydrogen-bond acceptors (Lipinski definition) is 5. The molecule has 39 heavy (non-hydrogen) atoms. The van der Waals surface area contributed by atoms with Crippen LogP contribution in [0.15, 0.2) is 36.7 Å². The largest absolute Gasteiger partial charge is 0.348 e. The zero-order valence-corrected chi connectivity index (χ0v) is 23.5. The second-order valence-electron chi connectivity index (χ2n) is 11.9. The third-order valence-electron chi connectivity index (χ3n) is 7.27. The molecule has 1 aliphatic rings. The van der Waals surface area contributed by atoms with Gasteiger partial charge >= 0.3 is 0 Å². The highest BCUT2D eigenvalue weighted by atomic mass is 19.1. The number of carbonyl (C=O) groups is 2. The third kappa shape index (κ3) is 4.91. The first kappa shape index (κ1) is 26.5. The summed E-state index contributed by atoms with van der Waals surface area (Å²) in [6.07, 6.45) is 3.27. The van der Waals surface area contributed by atoms with Crippen LogP contribution < -0.4 is 0 Å². The number of amides is 2. The zero-order chi connectivity index (χ0) is 28.3. The Morgan fingerprint density at radius 2 is 1.77 bits per heavy atom. The van der Waals surface area contributed by atoms with Crippen LogP contribution in [0.3, 0.4) is 0 Å². The Hall–Kier alpha value is -4.08. The molecule has 0 saturated carbocycles. The van der Waals surface area contributed by atoms with Crippen LogP contribution in [0.2, 0.25) is 0 Å². The van der Waals surface area contributed by atoms with E-state index < -0.39 is 5.54 Å². The number of hydrogen-bond donors (Lipinski definition) is 1. The smallest absolute Gasteiger partial charge is 0.274 e. The minimum absolute atomic E-state index is 0.158. The summed E-state index contributed by atoms with van der Waals surface area (Å²) >= 11 is 0. The molecular weight excluding hydrogens is 497 g/mol. The summed E-state index contributed by atoms with van der Waals surface area (Å²) in [5.74, 6) is 0.0385. The van der Waals surface area contributed by atoms with Crippen LogP contribution >= 0.6 is 0 Å². The highest BCUT2D eigenvalue weighted by Crippen LogP contribution is 2.31. The van der Waals surface area contributed by atoms with Gasteiger partial charge in [-0.15, -0.1) is 0 Å². The summed E-state index contributed by atoms with van der Waals surface area (Å²) in [6, 6.07) is 6.89. The molecule has 0 radical (unpaired) electrons. The fourth-order valence-electron chi connectivity index (χ4n) is 5.11. The summed E-state index contributed by atoms with van der Waals surface area (Å²) in [7, 11) is 0. The van der Waals surface area contributed by atoms with Gasteiger partial charge in [0.2, 0.25) is 0 Å². The second kappa shape index (κ2) is 9.29. The minimum Gasteiger partial charge on any atom is -0.348 e. The SMILES string of the molecule is Cc1nc(C(=O)N2CCN(C(=O)c3cn4nc(-c5ccc(F)c(C)c5)cc(C(C)(C)C)c4n3)C(C)(C)C2)c[nH]1. The maximum Gasteiger partial charge on any atom is 0.274 e. The van der Waals surface area contributed by atoms with Gasteiger partial charge in [0.25, 0.3) is 11.8 Å². The van der Waals surface area contributed by atoms with E-state index in [-0.39, 0.29) is 28.7 Å². The molecule has 0 spiro atoms. The maximum absolute atomic E-state index is 13.9. The molecule has 1 fully saturated rings. The number of aryl methyl sites for hydroxylation is 2. The van der Waals surface area contributed by atoms with Crippen molar-refractivity contribution in [1.29, 1.82) is 0 Å². The van der Waals surface area contributed by atoms with Crippen LogP contribution in [0.5, 0.6) is 0 Å². The molecule has 3 aromatic heterocycles. The zero-order valence-electron chi connectivity index (χ0n) is 23.5. The molecule has 1 N–H and O–H groups in total. The molecule has 1 saturated heterocycles. The van der Waals surface area contributed by atoms with E-state index >= 15 is 0 Å². The number of nitrogens with zero attached hydrogens (tertiary/aromatic N) is 6. The highest BCUT2D eigenvalue weighted by Gasteiger charge is 2.40. The van der Waals surface area contributed by atoms with Crippen LogP contribution in [-0.2, 0) is 5.41 Å². The Bertz CT molecular complexity index is 1590. The number of carbonyl (C=O) groups excluding carboxylic acids is 2. The van der Waals surface area contributed by atoms with Gasteiger partial charge in [0.1, 0.15) is 23.0 Å². The number of rotatable bonds is 3. The van der Waals surface area contributed by atoms with Crippen molar-refractivity contribution in [2.45, 2.75) is 59.4 Å². The van der Waals surface area contributed by atoms with Crippen LogP contribution in [-0.4, -0.2) is 71.4 Å². The molecule has 1 aromatic carbocycles. The van der Waals surface area contributed by atoms with Crippen molar-refractivity contribution in [1.82, 2.24) is 34.4 Å². The van der Waals surface area contributed by atoms with Gasteiger partial charge in [0, 0.05) is 37.0 Å². The first-order chi connectivity index (χ1) is 18.2. The average Bonchev–Trinajstić information content (AvgIpc) is 3.49. The Labute approximate surface area is 227 Å². The maximum atomic E-state index is 13.9. The number of H-pyrrole nitrogens is 1. The molecule has 1 aliphatic heterocycles. The number of imidazole rings is 2. The van der Waals surface area contributed by atoms with Crippen molar-refractivity contribution in [3.05, 3.63) is 70.8 Å². The van der Waals surface area contributed by atoms with Crippen molar-refractivity contribution in [2.75, 3.05) is 19.6 Å². The van der Waals surface area contributed by atoms with Gasteiger partial charge in [-0.1, -0.05) is 20.8 Å². The molecule has 4 aromatic rings. The fraction of sp³-hybridized carbons (Fsp3) is 0.414. The standard InChI is InChI=1S/C29H34FN7O2/c1-17-12-19(8-9-21(17)30)22-13-20(28(3,4)5)25-33-24(15-37(25)34-22)27(39)36-11-10-35(16-29(36,6)7)26(38)23-14-31-18(2)32-23/h8-9,12-15H,10-11,16H2,1-7H3,(H,31,32). The third-order valence-corrected chi connectivity index (χ3v) is 7.27. The number of fused-ring (bicyclic) bond motifs is 1. The van der Waals surface area contributed by atoms with Crippen molar-refractivity contribution in [3.8, 4) is 11.3 Å². The van der Waals surface area contributed by atoms with E-state index in [9.17, 15) is 14.0 Å². The Morgan fingerprint density at radius 3 is 2.38 bits per heavy atom. The number of piperazine rings is 1. The molecule has 204 valence electrons. The Kier molecular flexibility index (Phi) is 6.32. The van der Waals surface area contributed by atoms with E-state index in [4.69, 9.17) is 10.1 Å². The van der Waals surface area contributed by atoms with Gasteiger partial charge in [0.15, 0.2) is 5.65 Å². The van der Waals surface area contributed by atoms with Gasteiger partial charge < -0.3 is 14.8 Å². The molecule has 0 bridgehead atoms. The Balaban J connectivity index is 1.47. The van der Waals surface area contributed by atoms with Crippen LogP contribution in [0.4, 0.5) is 4.39 Å². The first-order valence-electron chi connectivity index (χ1n) is 13.1. The van der Waals surface area contributed by atoms with E-state index in [0.717, 1.165) is 11.1 Å². The lowest BCUT2D eigenvalue weighted by Crippen LogP contribution is -2.62. The molecule has 0 unspecified atom stereocenters. The summed E-state index contributed by atoms with van der Waals surface area (Å²) < 4.78 is 15.6. The first-order valence-corrected chi connectivity index (χ1v) is 13.1. The fourth-order valence-corrected chi connectivity index (χ4v) is 5.11. The lowest BCUT2D eigenvalue weighted by atomic mass is 9.87. The normalized spacial score (nSPS) is 15.7. The molecular formula is C29H34FN7O2. The molecule has 0 aliphatic carbocycles. The van der Waals surface area contributed by atoms with E-state index in [1.807, 2.05) is 19.9 Å². The number of halogens is 1. The molecule has 5 rings (SSSR count). The topological polar surface area (TPSA) is 99.5 Å². The van der Waals surface area contributed by atoms with Crippen molar-refractivity contribution >= 4 is 17.5 Å². The lowest BCUT2D eigenvalue weighted by molar-refractivity contribution is 0.0163. The number of benzene rings is 1. The molecule has 9 nitrogen and oxygen atoms in total. The number of nitrogens with one attached hydrogen (secondary N) is 1. The van der Waals surface area contributed by atoms with E-state index in [1.165, 1.54) is 6.07 Å². The van der Waals surface area contributed by atoms with Crippen molar-refractivity contribution in [3.63, 3.8) is 0 Å². The summed E-state index contributed by atoms with van der Waals surface area (Å²) in [5.41, 5.74) is 3.29. The van der Waals surface area contributed by atoms with Crippen LogP contribution in [0.1, 0.15) is 72.5 Å². The summed E-state index contributed by atoms with van der Waals surface area (Å²) in [6.45, 7) is 14.8. The van der Waals surface area contributed by atoms with Gasteiger partial charge in [0.05, 0.1) is 17.4 Å². The van der Waals surface area contributed by atoms with Crippen molar-refractivity contribution < 1.29 is 14.0 Å². The van der Waals surface area contributed by atoms with E-state index in [1.54, 1.807) is 52.7 Å².